The molecule has 3 saturated heterocycles. The number of nitrogens with zero attached hydrogens (tertiary/aromatic N) is 4. The number of ether oxygens (including phenoxy) is 1. The predicted octanol–water partition coefficient (Wildman–Crippen LogP) is 2.46. The molecule has 1 unspecified atom stereocenters. The van der Waals surface area contributed by atoms with Gasteiger partial charge in [0.15, 0.2) is 0 Å². The fourth-order valence-electron chi connectivity index (χ4n) is 4.18. The van der Waals surface area contributed by atoms with E-state index in [1.165, 1.54) is 0 Å². The standard InChI is InChI=1S/C18H26N4O2.C2HF3O2/c23-17(20-8-3-4-9-20)22-11-12-24-15-18(14-22)6-10-21(13-18)16-5-1-2-7-19-16;3-2(4,5)1(6)7/h1-2,5,7H,3-4,6,8-15H2;(H,6,7). The molecule has 0 radical (unpaired) electrons. The summed E-state index contributed by atoms with van der Waals surface area (Å²) in [5.41, 5.74) is 0.0312. The van der Waals surface area contributed by atoms with Crippen molar-refractivity contribution in [2.75, 3.05) is 57.4 Å². The number of anilines is 1. The second-order valence-electron chi connectivity index (χ2n) is 8.11. The van der Waals surface area contributed by atoms with Crippen LogP contribution in [0.2, 0.25) is 0 Å². The number of carbonyl (C=O) groups is 2. The van der Waals surface area contributed by atoms with E-state index in [0.717, 1.165) is 64.4 Å². The molecule has 0 aromatic carbocycles. The van der Waals surface area contributed by atoms with Gasteiger partial charge in [-0.3, -0.25) is 0 Å². The van der Waals surface area contributed by atoms with Gasteiger partial charge in [-0.1, -0.05) is 6.07 Å². The van der Waals surface area contributed by atoms with Crippen molar-refractivity contribution in [2.45, 2.75) is 25.4 Å². The van der Waals surface area contributed by atoms with Crippen LogP contribution >= 0.6 is 0 Å². The highest BCUT2D eigenvalue weighted by Crippen LogP contribution is 2.35. The number of hydrogen-bond acceptors (Lipinski definition) is 5. The molecule has 11 heteroatoms. The summed E-state index contributed by atoms with van der Waals surface area (Å²) in [5.74, 6) is -1.73. The number of carboxylic acids is 1. The van der Waals surface area contributed by atoms with Crippen LogP contribution in [0.15, 0.2) is 24.4 Å². The van der Waals surface area contributed by atoms with E-state index in [2.05, 4.69) is 16.0 Å². The van der Waals surface area contributed by atoms with Gasteiger partial charge >= 0.3 is 18.2 Å². The number of hydrogen-bond donors (Lipinski definition) is 1. The molecule has 1 N–H and O–H groups in total. The molecule has 0 saturated carbocycles. The SMILES string of the molecule is O=C(N1CCCC1)N1CCOCC2(CCN(c3ccccn3)C2)C1.O=C(O)C(F)(F)F. The maximum absolute atomic E-state index is 12.8. The fraction of sp³-hybridized carbons (Fsp3) is 0.650. The lowest BCUT2D eigenvalue weighted by Gasteiger charge is -2.34. The summed E-state index contributed by atoms with van der Waals surface area (Å²) in [4.78, 5) is 32.5. The van der Waals surface area contributed by atoms with E-state index in [0.29, 0.717) is 13.2 Å². The maximum atomic E-state index is 12.8. The van der Waals surface area contributed by atoms with Gasteiger partial charge in [-0.25, -0.2) is 14.6 Å². The number of pyridine rings is 1. The number of carbonyl (C=O) groups excluding carboxylic acids is 1. The number of urea groups is 1. The molecule has 0 bridgehead atoms. The zero-order valence-corrected chi connectivity index (χ0v) is 17.2. The van der Waals surface area contributed by atoms with Gasteiger partial charge in [-0.15, -0.1) is 0 Å². The third-order valence-corrected chi connectivity index (χ3v) is 5.74. The molecule has 4 heterocycles. The van der Waals surface area contributed by atoms with Crippen LogP contribution in [0.5, 0.6) is 0 Å². The minimum Gasteiger partial charge on any atom is -0.475 e. The second kappa shape index (κ2) is 9.71. The van der Waals surface area contributed by atoms with Crippen LogP contribution in [0, 0.1) is 5.41 Å². The van der Waals surface area contributed by atoms with Crippen molar-refractivity contribution in [3.8, 4) is 0 Å². The number of aromatic nitrogens is 1. The first kappa shape index (κ1) is 23.1. The molecule has 1 atom stereocenters. The summed E-state index contributed by atoms with van der Waals surface area (Å²) in [6.07, 6.45) is 0.0732. The van der Waals surface area contributed by atoms with Gasteiger partial charge in [0.05, 0.1) is 13.2 Å². The lowest BCUT2D eigenvalue weighted by Crippen LogP contribution is -2.48. The van der Waals surface area contributed by atoms with Crippen LogP contribution in [0.4, 0.5) is 23.8 Å². The molecule has 31 heavy (non-hydrogen) atoms. The Balaban J connectivity index is 0.000000339. The van der Waals surface area contributed by atoms with Crippen molar-refractivity contribution in [3.05, 3.63) is 24.4 Å². The molecule has 172 valence electrons. The highest BCUT2D eigenvalue weighted by Gasteiger charge is 2.43. The Morgan fingerprint density at radius 2 is 1.77 bits per heavy atom. The number of halogens is 3. The molecule has 1 spiro atoms. The van der Waals surface area contributed by atoms with Crippen molar-refractivity contribution in [1.29, 1.82) is 0 Å². The first-order valence-corrected chi connectivity index (χ1v) is 10.3. The van der Waals surface area contributed by atoms with Crippen molar-refractivity contribution >= 4 is 17.8 Å². The lowest BCUT2D eigenvalue weighted by atomic mass is 9.87. The van der Waals surface area contributed by atoms with Gasteiger partial charge in [0.25, 0.3) is 0 Å². The molecule has 4 rings (SSSR count). The molecule has 1 aromatic heterocycles. The predicted molar refractivity (Wildman–Crippen MR) is 106 cm³/mol. The van der Waals surface area contributed by atoms with E-state index >= 15 is 0 Å². The topological polar surface area (TPSA) is 86.2 Å². The van der Waals surface area contributed by atoms with E-state index in [1.54, 1.807) is 0 Å². The zero-order valence-electron chi connectivity index (χ0n) is 17.2. The van der Waals surface area contributed by atoms with Gasteiger partial charge in [0.2, 0.25) is 0 Å². The molecular weight excluding hydrogens is 417 g/mol. The van der Waals surface area contributed by atoms with Crippen molar-refractivity contribution < 1.29 is 32.6 Å². The van der Waals surface area contributed by atoms with E-state index in [1.807, 2.05) is 28.1 Å². The van der Waals surface area contributed by atoms with Crippen molar-refractivity contribution in [1.82, 2.24) is 14.8 Å². The smallest absolute Gasteiger partial charge is 0.475 e. The monoisotopic (exact) mass is 444 g/mol. The summed E-state index contributed by atoms with van der Waals surface area (Å²) in [6, 6.07) is 6.23. The molecular formula is C20H27F3N4O4. The Labute approximate surface area is 178 Å². The average Bonchev–Trinajstić information content (AvgIpc) is 3.36. The molecule has 3 aliphatic rings. The first-order chi connectivity index (χ1) is 14.7. The van der Waals surface area contributed by atoms with Crippen molar-refractivity contribution in [3.63, 3.8) is 0 Å². The molecule has 8 nitrogen and oxygen atoms in total. The average molecular weight is 444 g/mol. The van der Waals surface area contributed by atoms with Gasteiger partial charge < -0.3 is 24.5 Å². The minimum absolute atomic E-state index is 0.0312. The van der Waals surface area contributed by atoms with Gasteiger partial charge in [-0.2, -0.15) is 13.2 Å². The normalized spacial score (nSPS) is 24.0. The maximum Gasteiger partial charge on any atom is 0.490 e. The Morgan fingerprint density at radius 1 is 1.06 bits per heavy atom. The Morgan fingerprint density at radius 3 is 2.39 bits per heavy atom. The highest BCUT2D eigenvalue weighted by atomic mass is 19.4. The minimum atomic E-state index is -5.08. The molecule has 1 aromatic rings. The van der Waals surface area contributed by atoms with E-state index < -0.39 is 12.1 Å². The van der Waals surface area contributed by atoms with E-state index in [-0.39, 0.29) is 11.4 Å². The summed E-state index contributed by atoms with van der Waals surface area (Å²) in [5, 5.41) is 7.12. The summed E-state index contributed by atoms with van der Waals surface area (Å²) in [7, 11) is 0. The summed E-state index contributed by atoms with van der Waals surface area (Å²) >= 11 is 0. The second-order valence-corrected chi connectivity index (χ2v) is 8.11. The van der Waals surface area contributed by atoms with Crippen LogP contribution in [-0.4, -0.2) is 90.5 Å². The number of likely N-dealkylation sites (tertiary alicyclic amines) is 1. The Bertz CT molecular complexity index is 759. The van der Waals surface area contributed by atoms with Gasteiger partial charge in [0.1, 0.15) is 5.82 Å². The van der Waals surface area contributed by atoms with Crippen molar-refractivity contribution in [2.24, 2.45) is 5.41 Å². The van der Waals surface area contributed by atoms with E-state index in [9.17, 15) is 18.0 Å². The molecule has 3 fully saturated rings. The Hall–Kier alpha value is -2.56. The fourth-order valence-corrected chi connectivity index (χ4v) is 4.18. The highest BCUT2D eigenvalue weighted by molar-refractivity contribution is 5.75. The molecule has 3 aliphatic heterocycles. The van der Waals surface area contributed by atoms with Crippen LogP contribution in [0.25, 0.3) is 0 Å². The number of rotatable bonds is 1. The number of aliphatic carboxylic acids is 1. The van der Waals surface area contributed by atoms with Gasteiger partial charge in [0, 0.05) is 50.9 Å². The third kappa shape index (κ3) is 5.99. The van der Waals surface area contributed by atoms with Crippen LogP contribution in [0.3, 0.4) is 0 Å². The lowest BCUT2D eigenvalue weighted by molar-refractivity contribution is -0.192. The first-order valence-electron chi connectivity index (χ1n) is 10.3. The summed E-state index contributed by atoms with van der Waals surface area (Å²) < 4.78 is 37.6. The summed E-state index contributed by atoms with van der Waals surface area (Å²) in [6.45, 7) is 6.59. The van der Waals surface area contributed by atoms with Crippen LogP contribution < -0.4 is 4.90 Å². The number of amides is 2. The third-order valence-electron chi connectivity index (χ3n) is 5.74. The van der Waals surface area contributed by atoms with E-state index in [4.69, 9.17) is 14.6 Å². The van der Waals surface area contributed by atoms with Crippen LogP contribution in [0.1, 0.15) is 19.3 Å². The molecule has 0 aliphatic carbocycles. The molecule has 2 amide bonds. The van der Waals surface area contributed by atoms with Gasteiger partial charge in [-0.05, 0) is 31.4 Å². The number of alkyl halides is 3. The zero-order chi connectivity index (χ0) is 22.5. The Kier molecular flexibility index (Phi) is 7.24. The number of carboxylic acid groups (broad SMARTS) is 1. The largest absolute Gasteiger partial charge is 0.490 e. The quantitative estimate of drug-likeness (QED) is 0.716. The van der Waals surface area contributed by atoms with Crippen LogP contribution in [-0.2, 0) is 9.53 Å².